The van der Waals surface area contributed by atoms with E-state index in [1.165, 1.54) is 0 Å². The summed E-state index contributed by atoms with van der Waals surface area (Å²) in [7, 11) is 0. The zero-order chi connectivity index (χ0) is 13.2. The first-order valence-electron chi connectivity index (χ1n) is 4.84. The van der Waals surface area contributed by atoms with E-state index in [1.54, 1.807) is 0 Å². The summed E-state index contributed by atoms with van der Waals surface area (Å²) in [6.45, 7) is -0.624. The number of aliphatic carboxylic acids is 1. The molecule has 0 amide bonds. The molecule has 1 rings (SSSR count). The van der Waals surface area contributed by atoms with Gasteiger partial charge in [0.1, 0.15) is 18.2 Å². The number of rotatable bonds is 5. The first kappa shape index (κ1) is 14.6. The molecule has 17 heavy (non-hydrogen) atoms. The lowest BCUT2D eigenvalue weighted by atomic mass is 10.1. The highest BCUT2D eigenvalue weighted by molar-refractivity contribution is 7.80. The van der Waals surface area contributed by atoms with Crippen molar-refractivity contribution in [2.24, 2.45) is 0 Å². The molecule has 100 valence electrons. The summed E-state index contributed by atoms with van der Waals surface area (Å²) in [6, 6.07) is -1.28. The first-order chi connectivity index (χ1) is 7.85. The number of carboxylic acids is 1. The van der Waals surface area contributed by atoms with Crippen molar-refractivity contribution in [1.29, 1.82) is 0 Å². The Morgan fingerprint density at radius 1 is 1.53 bits per heavy atom. The molecule has 1 heterocycles. The molecule has 0 spiro atoms. The Balaban J connectivity index is 2.78. The summed E-state index contributed by atoms with van der Waals surface area (Å²) in [5.41, 5.74) is 0. The van der Waals surface area contributed by atoms with Crippen LogP contribution < -0.4 is 5.32 Å². The summed E-state index contributed by atoms with van der Waals surface area (Å²) in [5, 5.41) is 48.5. The second-order valence-corrected chi connectivity index (χ2v) is 4.05. The monoisotopic (exact) mass is 269 g/mol. The van der Waals surface area contributed by atoms with Crippen molar-refractivity contribution in [3.05, 3.63) is 0 Å². The maximum atomic E-state index is 10.7. The molecule has 0 bridgehead atoms. The Morgan fingerprint density at radius 3 is 2.47 bits per heavy atom. The van der Waals surface area contributed by atoms with Crippen molar-refractivity contribution in [3.63, 3.8) is 0 Å². The summed E-state index contributed by atoms with van der Waals surface area (Å²) in [5.74, 6) is -3.89. The molecule has 6 N–H and O–H groups in total. The van der Waals surface area contributed by atoms with Crippen molar-refractivity contribution in [3.8, 4) is 0 Å². The number of hydrogen-bond donors (Lipinski definition) is 7. The van der Waals surface area contributed by atoms with Crippen LogP contribution in [-0.4, -0.2) is 74.1 Å². The van der Waals surface area contributed by atoms with Crippen LogP contribution in [0.4, 0.5) is 0 Å². The highest BCUT2D eigenvalue weighted by atomic mass is 32.1. The van der Waals surface area contributed by atoms with Gasteiger partial charge in [-0.25, -0.2) is 5.32 Å². The Morgan fingerprint density at radius 2 is 2.12 bits per heavy atom. The fraction of sp³-hybridized carbons (Fsp3) is 0.875. The standard InChI is InChI=1S/C8H15NO7S/c10-1-4-5(11)6(12)8(15,16-4)9-3(2-17)7(13)14/h3-6,9-12,15,17H,1-2H2,(H,13,14)/t3?,4-,5-,6+,8-/m0/s1. The molecular formula is C8H15NO7S. The molecule has 1 unspecified atom stereocenters. The molecule has 1 fully saturated rings. The third-order valence-electron chi connectivity index (χ3n) is 2.48. The van der Waals surface area contributed by atoms with Gasteiger partial charge < -0.3 is 30.3 Å². The van der Waals surface area contributed by atoms with E-state index in [-0.39, 0.29) is 5.75 Å². The molecule has 1 saturated heterocycles. The molecule has 0 radical (unpaired) electrons. The van der Waals surface area contributed by atoms with E-state index in [0.29, 0.717) is 0 Å². The second kappa shape index (κ2) is 5.48. The van der Waals surface area contributed by atoms with Crippen LogP contribution in [0.5, 0.6) is 0 Å². The van der Waals surface area contributed by atoms with E-state index >= 15 is 0 Å². The van der Waals surface area contributed by atoms with Gasteiger partial charge in [-0.15, -0.1) is 0 Å². The Bertz CT molecular complexity index is 291. The number of carbonyl (C=O) groups is 1. The number of ether oxygens (including phenoxy) is 1. The van der Waals surface area contributed by atoms with Crippen molar-refractivity contribution in [2.75, 3.05) is 12.4 Å². The maximum absolute atomic E-state index is 10.7. The minimum atomic E-state index is -2.43. The summed E-state index contributed by atoms with van der Waals surface area (Å²) >= 11 is 3.76. The van der Waals surface area contributed by atoms with Gasteiger partial charge in [-0.3, -0.25) is 4.79 Å². The maximum Gasteiger partial charge on any atom is 0.321 e. The Kier molecular flexibility index (Phi) is 4.72. The molecule has 0 saturated carbocycles. The quantitative estimate of drug-likeness (QED) is 0.204. The Labute approximate surface area is 102 Å². The number of nitrogens with one attached hydrogen (secondary N) is 1. The van der Waals surface area contributed by atoms with Gasteiger partial charge in [0.05, 0.1) is 6.61 Å². The van der Waals surface area contributed by atoms with E-state index in [0.717, 1.165) is 0 Å². The number of carboxylic acid groups (broad SMARTS) is 1. The predicted molar refractivity (Wildman–Crippen MR) is 57.3 cm³/mol. The summed E-state index contributed by atoms with van der Waals surface area (Å²) < 4.78 is 4.80. The molecule has 1 aliphatic heterocycles. The van der Waals surface area contributed by atoms with Crippen molar-refractivity contribution in [1.82, 2.24) is 5.32 Å². The lowest BCUT2D eigenvalue weighted by Gasteiger charge is -2.29. The van der Waals surface area contributed by atoms with E-state index in [4.69, 9.17) is 14.9 Å². The minimum Gasteiger partial charge on any atom is -0.480 e. The van der Waals surface area contributed by atoms with Gasteiger partial charge in [-0.1, -0.05) is 0 Å². The minimum absolute atomic E-state index is 0.159. The van der Waals surface area contributed by atoms with Gasteiger partial charge in [0, 0.05) is 5.75 Å². The number of aliphatic hydroxyl groups is 4. The Hall–Kier alpha value is -0.420. The van der Waals surface area contributed by atoms with Crippen molar-refractivity contribution < 1.29 is 35.1 Å². The fourth-order valence-electron chi connectivity index (χ4n) is 1.50. The van der Waals surface area contributed by atoms with Gasteiger partial charge in [-0.2, -0.15) is 12.6 Å². The van der Waals surface area contributed by atoms with Crippen LogP contribution in [-0.2, 0) is 9.53 Å². The van der Waals surface area contributed by atoms with Gasteiger partial charge in [-0.05, 0) is 0 Å². The highest BCUT2D eigenvalue weighted by Gasteiger charge is 2.54. The van der Waals surface area contributed by atoms with Gasteiger partial charge >= 0.3 is 5.97 Å². The highest BCUT2D eigenvalue weighted by Crippen LogP contribution is 2.27. The number of hydrogen-bond acceptors (Lipinski definition) is 8. The zero-order valence-electron chi connectivity index (χ0n) is 8.72. The molecule has 5 atom stereocenters. The third kappa shape index (κ3) is 2.88. The largest absolute Gasteiger partial charge is 0.480 e. The van der Waals surface area contributed by atoms with Crippen LogP contribution in [0.2, 0.25) is 0 Å². The molecule has 0 aromatic heterocycles. The number of thiol groups is 1. The topological polar surface area (TPSA) is 139 Å². The predicted octanol–water partition coefficient (Wildman–Crippen LogP) is -3.28. The summed E-state index contributed by atoms with van der Waals surface area (Å²) in [4.78, 5) is 10.7. The van der Waals surface area contributed by atoms with Crippen molar-refractivity contribution in [2.45, 2.75) is 30.3 Å². The van der Waals surface area contributed by atoms with E-state index in [1.807, 2.05) is 0 Å². The van der Waals surface area contributed by atoms with E-state index < -0.39 is 42.8 Å². The molecule has 9 heteroatoms. The van der Waals surface area contributed by atoms with Gasteiger partial charge in [0.2, 0.25) is 0 Å². The third-order valence-corrected chi connectivity index (χ3v) is 2.84. The smallest absolute Gasteiger partial charge is 0.321 e. The molecule has 0 aliphatic carbocycles. The van der Waals surface area contributed by atoms with E-state index in [9.17, 15) is 20.1 Å². The lowest BCUT2D eigenvalue weighted by molar-refractivity contribution is -0.254. The van der Waals surface area contributed by atoms with Crippen LogP contribution in [0, 0.1) is 0 Å². The fourth-order valence-corrected chi connectivity index (χ4v) is 1.75. The first-order valence-corrected chi connectivity index (χ1v) is 5.47. The van der Waals surface area contributed by atoms with E-state index in [2.05, 4.69) is 17.9 Å². The molecule has 0 aromatic rings. The average Bonchev–Trinajstić information content (AvgIpc) is 2.50. The van der Waals surface area contributed by atoms with Crippen LogP contribution in [0.15, 0.2) is 0 Å². The average molecular weight is 269 g/mol. The zero-order valence-corrected chi connectivity index (χ0v) is 9.62. The SMILES string of the molecule is O=C(O)C(CS)N[C@@]1(O)O[C@@H](CO)[C@H](O)[C@H]1O. The second-order valence-electron chi connectivity index (χ2n) is 3.69. The molecular weight excluding hydrogens is 254 g/mol. The number of aliphatic hydroxyl groups excluding tert-OH is 3. The summed E-state index contributed by atoms with van der Waals surface area (Å²) in [6.07, 6.45) is -4.50. The normalized spacial score (nSPS) is 39.2. The van der Waals surface area contributed by atoms with Crippen LogP contribution in [0.3, 0.4) is 0 Å². The van der Waals surface area contributed by atoms with Gasteiger partial charge in [0.25, 0.3) is 5.91 Å². The molecule has 0 aromatic carbocycles. The molecule has 1 aliphatic rings. The van der Waals surface area contributed by atoms with Crippen molar-refractivity contribution >= 4 is 18.6 Å². The van der Waals surface area contributed by atoms with Crippen LogP contribution >= 0.6 is 12.6 Å². The van der Waals surface area contributed by atoms with Crippen LogP contribution in [0.1, 0.15) is 0 Å². The van der Waals surface area contributed by atoms with Gasteiger partial charge in [0.15, 0.2) is 6.10 Å². The molecule has 8 nitrogen and oxygen atoms in total. The lowest BCUT2D eigenvalue weighted by Crippen LogP contribution is -2.60. The van der Waals surface area contributed by atoms with Crippen LogP contribution in [0.25, 0.3) is 0 Å².